The Morgan fingerprint density at radius 1 is 1.88 bits per heavy atom. The first-order valence-corrected chi connectivity index (χ1v) is 2.50. The van der Waals surface area contributed by atoms with Crippen molar-refractivity contribution in [2.24, 2.45) is 0 Å². The van der Waals surface area contributed by atoms with E-state index in [1.54, 1.807) is 6.61 Å². The lowest BCUT2D eigenvalue weighted by Crippen LogP contribution is -2.37. The van der Waals surface area contributed by atoms with Crippen LogP contribution in [-0.2, 0) is 4.74 Å². The SMILES string of the molecule is N#CC1CO[CH]CN1. The van der Waals surface area contributed by atoms with Crippen LogP contribution >= 0.6 is 0 Å². The van der Waals surface area contributed by atoms with Crippen molar-refractivity contribution in [3.8, 4) is 6.07 Å². The summed E-state index contributed by atoms with van der Waals surface area (Å²) in [5, 5.41) is 11.2. The van der Waals surface area contributed by atoms with Crippen LogP contribution in [0.4, 0.5) is 0 Å². The van der Waals surface area contributed by atoms with E-state index < -0.39 is 0 Å². The first kappa shape index (κ1) is 5.54. The number of hydrogen-bond acceptors (Lipinski definition) is 3. The maximum atomic E-state index is 8.28. The molecular formula is C5H7N2O. The van der Waals surface area contributed by atoms with Crippen molar-refractivity contribution in [2.45, 2.75) is 6.04 Å². The van der Waals surface area contributed by atoms with Crippen molar-refractivity contribution in [1.29, 1.82) is 5.26 Å². The number of nitriles is 1. The van der Waals surface area contributed by atoms with Crippen molar-refractivity contribution in [3.63, 3.8) is 0 Å². The molecule has 3 heteroatoms. The van der Waals surface area contributed by atoms with Crippen molar-refractivity contribution >= 4 is 0 Å². The second-order valence-corrected chi connectivity index (χ2v) is 1.59. The van der Waals surface area contributed by atoms with E-state index in [9.17, 15) is 0 Å². The van der Waals surface area contributed by atoms with Crippen molar-refractivity contribution < 1.29 is 4.74 Å². The molecule has 3 nitrogen and oxygen atoms in total. The molecule has 1 aliphatic heterocycles. The number of rotatable bonds is 0. The zero-order valence-corrected chi connectivity index (χ0v) is 4.42. The van der Waals surface area contributed by atoms with Gasteiger partial charge >= 0.3 is 0 Å². The van der Waals surface area contributed by atoms with Crippen LogP contribution < -0.4 is 5.32 Å². The molecule has 0 aromatic heterocycles. The fourth-order valence-corrected chi connectivity index (χ4v) is 0.555. The van der Waals surface area contributed by atoms with Gasteiger partial charge in [0.05, 0.1) is 19.3 Å². The Hall–Kier alpha value is -0.590. The molecule has 0 saturated carbocycles. The minimum atomic E-state index is -0.111. The zero-order chi connectivity index (χ0) is 5.82. The van der Waals surface area contributed by atoms with Crippen LogP contribution in [0.3, 0.4) is 0 Å². The van der Waals surface area contributed by atoms with E-state index >= 15 is 0 Å². The predicted molar refractivity (Wildman–Crippen MR) is 27.7 cm³/mol. The first-order chi connectivity index (χ1) is 3.93. The van der Waals surface area contributed by atoms with Gasteiger partial charge in [0.1, 0.15) is 6.04 Å². The van der Waals surface area contributed by atoms with Crippen LogP contribution in [0.25, 0.3) is 0 Å². The largest absolute Gasteiger partial charge is 0.371 e. The van der Waals surface area contributed by atoms with Crippen LogP contribution in [0.15, 0.2) is 0 Å². The fourth-order valence-electron chi connectivity index (χ4n) is 0.555. The quantitative estimate of drug-likeness (QED) is 0.465. The summed E-state index contributed by atoms with van der Waals surface area (Å²) in [6.45, 7) is 2.82. The Morgan fingerprint density at radius 3 is 3.12 bits per heavy atom. The van der Waals surface area contributed by atoms with Gasteiger partial charge in [-0.3, -0.25) is 5.32 Å². The number of morpholine rings is 1. The van der Waals surface area contributed by atoms with Crippen LogP contribution in [0.2, 0.25) is 0 Å². The van der Waals surface area contributed by atoms with Gasteiger partial charge in [-0.2, -0.15) is 5.26 Å². The number of ether oxygens (including phenoxy) is 1. The number of nitrogens with one attached hydrogen (secondary N) is 1. The first-order valence-electron chi connectivity index (χ1n) is 2.50. The normalized spacial score (nSPS) is 29.1. The summed E-state index contributed by atoms with van der Waals surface area (Å²) in [6, 6.07) is 1.94. The van der Waals surface area contributed by atoms with Crippen LogP contribution in [0, 0.1) is 17.9 Å². The standard InChI is InChI=1S/C5H7N2O/c6-3-5-4-8-2-1-7-5/h2,5,7H,1,4H2. The molecule has 1 atom stereocenters. The molecule has 1 fully saturated rings. The molecule has 1 saturated heterocycles. The zero-order valence-electron chi connectivity index (χ0n) is 4.42. The molecule has 0 spiro atoms. The molecule has 0 amide bonds. The predicted octanol–water partition coefficient (Wildman–Crippen LogP) is -0.340. The maximum Gasteiger partial charge on any atom is 0.119 e. The Labute approximate surface area is 48.2 Å². The van der Waals surface area contributed by atoms with Gasteiger partial charge in [-0.25, -0.2) is 0 Å². The molecule has 0 aliphatic carbocycles. The van der Waals surface area contributed by atoms with E-state index in [0.29, 0.717) is 13.2 Å². The maximum absolute atomic E-state index is 8.28. The molecule has 1 rings (SSSR count). The molecule has 0 bridgehead atoms. The molecule has 1 aliphatic rings. The van der Waals surface area contributed by atoms with Crippen LogP contribution in [-0.4, -0.2) is 19.2 Å². The van der Waals surface area contributed by atoms with Gasteiger partial charge in [0.25, 0.3) is 0 Å². The van der Waals surface area contributed by atoms with Gasteiger partial charge in [0.15, 0.2) is 0 Å². The second kappa shape index (κ2) is 2.65. The average Bonchev–Trinajstić information content (AvgIpc) is 1.90. The van der Waals surface area contributed by atoms with E-state index in [1.165, 1.54) is 0 Å². The highest BCUT2D eigenvalue weighted by atomic mass is 16.5. The number of nitrogens with zero attached hydrogens (tertiary/aromatic N) is 1. The Balaban J connectivity index is 2.25. The highest BCUT2D eigenvalue weighted by molar-refractivity contribution is 4.92. The minimum Gasteiger partial charge on any atom is -0.371 e. The molecule has 1 N–H and O–H groups in total. The topological polar surface area (TPSA) is 45.0 Å². The molecular weight excluding hydrogens is 104 g/mol. The Bertz CT molecular complexity index is 101. The molecule has 1 heterocycles. The van der Waals surface area contributed by atoms with Gasteiger partial charge in [-0.05, 0) is 0 Å². The molecule has 0 aromatic carbocycles. The summed E-state index contributed by atoms with van der Waals surface area (Å²) < 4.78 is 4.86. The lowest BCUT2D eigenvalue weighted by molar-refractivity contribution is 0.147. The molecule has 43 valence electrons. The third-order valence-electron chi connectivity index (χ3n) is 0.984. The summed E-state index contributed by atoms with van der Waals surface area (Å²) in [7, 11) is 0. The number of hydrogen-bond donors (Lipinski definition) is 1. The monoisotopic (exact) mass is 111 g/mol. The third-order valence-corrected chi connectivity index (χ3v) is 0.984. The van der Waals surface area contributed by atoms with E-state index in [-0.39, 0.29) is 6.04 Å². The van der Waals surface area contributed by atoms with E-state index in [1.807, 2.05) is 6.07 Å². The van der Waals surface area contributed by atoms with Crippen LogP contribution in [0.1, 0.15) is 0 Å². The Kier molecular flexibility index (Phi) is 1.84. The smallest absolute Gasteiger partial charge is 0.119 e. The molecule has 8 heavy (non-hydrogen) atoms. The summed E-state index contributed by atoms with van der Waals surface area (Å²) in [5.41, 5.74) is 0. The van der Waals surface area contributed by atoms with Crippen molar-refractivity contribution in [2.75, 3.05) is 13.2 Å². The van der Waals surface area contributed by atoms with Gasteiger partial charge in [-0.1, -0.05) is 0 Å². The molecule has 0 aromatic rings. The third kappa shape index (κ3) is 1.19. The van der Waals surface area contributed by atoms with Crippen molar-refractivity contribution in [3.05, 3.63) is 6.61 Å². The van der Waals surface area contributed by atoms with Gasteiger partial charge < -0.3 is 4.74 Å². The summed E-state index contributed by atoms with van der Waals surface area (Å²) in [4.78, 5) is 0. The van der Waals surface area contributed by atoms with E-state index in [0.717, 1.165) is 0 Å². The molecule has 1 radical (unpaired) electrons. The lowest BCUT2D eigenvalue weighted by Gasteiger charge is -2.16. The highest BCUT2D eigenvalue weighted by Crippen LogP contribution is 1.92. The van der Waals surface area contributed by atoms with Gasteiger partial charge in [0.2, 0.25) is 0 Å². The summed E-state index contributed by atoms with van der Waals surface area (Å²) in [5.74, 6) is 0. The minimum absolute atomic E-state index is 0.111. The van der Waals surface area contributed by atoms with E-state index in [2.05, 4.69) is 5.32 Å². The Morgan fingerprint density at radius 2 is 2.75 bits per heavy atom. The molecule has 1 unspecified atom stereocenters. The van der Waals surface area contributed by atoms with Crippen LogP contribution in [0.5, 0.6) is 0 Å². The highest BCUT2D eigenvalue weighted by Gasteiger charge is 2.10. The average molecular weight is 111 g/mol. The fraction of sp³-hybridized carbons (Fsp3) is 0.600. The summed E-state index contributed by atoms with van der Waals surface area (Å²) >= 11 is 0. The summed E-state index contributed by atoms with van der Waals surface area (Å²) in [6.07, 6.45) is 0. The lowest BCUT2D eigenvalue weighted by atomic mass is 10.3. The van der Waals surface area contributed by atoms with Gasteiger partial charge in [-0.15, -0.1) is 0 Å². The second-order valence-electron chi connectivity index (χ2n) is 1.59. The van der Waals surface area contributed by atoms with Gasteiger partial charge in [0, 0.05) is 6.54 Å². The van der Waals surface area contributed by atoms with Crippen molar-refractivity contribution in [1.82, 2.24) is 5.32 Å². The van der Waals surface area contributed by atoms with E-state index in [4.69, 9.17) is 10.00 Å².